The number of anilines is 1. The van der Waals surface area contributed by atoms with E-state index in [1.54, 1.807) is 0 Å². The molecule has 0 spiro atoms. The quantitative estimate of drug-likeness (QED) is 0.308. The van der Waals surface area contributed by atoms with Gasteiger partial charge in [-0.15, -0.1) is 10.2 Å². The van der Waals surface area contributed by atoms with Crippen molar-refractivity contribution in [3.8, 4) is 10.6 Å². The SMILES string of the molecule is COCCN(CCC(=O)Nc1nnc(-c2cccc(Br)c2)s1)C(=O)c1cccc([N+](=O)[O-])c1. The summed E-state index contributed by atoms with van der Waals surface area (Å²) in [5.74, 6) is -0.752. The zero-order chi connectivity index (χ0) is 23.8. The van der Waals surface area contributed by atoms with Gasteiger partial charge in [-0.2, -0.15) is 0 Å². The summed E-state index contributed by atoms with van der Waals surface area (Å²) < 4.78 is 5.96. The molecule has 0 aliphatic rings. The van der Waals surface area contributed by atoms with E-state index in [2.05, 4.69) is 31.4 Å². The molecule has 0 atom stereocenters. The summed E-state index contributed by atoms with van der Waals surface area (Å²) in [5, 5.41) is 22.8. The van der Waals surface area contributed by atoms with E-state index >= 15 is 0 Å². The Labute approximate surface area is 201 Å². The highest BCUT2D eigenvalue weighted by atomic mass is 79.9. The second kappa shape index (κ2) is 11.6. The molecule has 1 heterocycles. The van der Waals surface area contributed by atoms with Gasteiger partial charge in [-0.05, 0) is 18.2 Å². The molecule has 172 valence electrons. The standard InChI is InChI=1S/C21H20BrN5O5S/c1-32-11-10-26(20(29)15-5-3-7-17(13-15)27(30)31)9-8-18(28)23-21-25-24-19(33-21)14-4-2-6-16(22)12-14/h2-7,12-13H,8-11H2,1H3,(H,23,25,28). The molecule has 3 aromatic rings. The van der Waals surface area contributed by atoms with Gasteiger partial charge in [0.25, 0.3) is 11.6 Å². The average molecular weight is 534 g/mol. The maximum Gasteiger partial charge on any atom is 0.270 e. The third-order valence-electron chi connectivity index (χ3n) is 4.51. The van der Waals surface area contributed by atoms with E-state index in [9.17, 15) is 19.7 Å². The molecule has 1 N–H and O–H groups in total. The lowest BCUT2D eigenvalue weighted by atomic mass is 10.1. The van der Waals surface area contributed by atoms with Crippen molar-refractivity contribution in [2.75, 3.05) is 32.1 Å². The molecule has 0 unspecified atom stereocenters. The van der Waals surface area contributed by atoms with Crippen LogP contribution in [-0.4, -0.2) is 58.6 Å². The van der Waals surface area contributed by atoms with Gasteiger partial charge >= 0.3 is 0 Å². The van der Waals surface area contributed by atoms with Crippen LogP contribution in [0.25, 0.3) is 10.6 Å². The summed E-state index contributed by atoms with van der Waals surface area (Å²) in [6.07, 6.45) is 0.0101. The maximum atomic E-state index is 12.9. The fourth-order valence-corrected chi connectivity index (χ4v) is 4.04. The molecule has 10 nitrogen and oxygen atoms in total. The third-order valence-corrected chi connectivity index (χ3v) is 5.89. The van der Waals surface area contributed by atoms with Crippen molar-refractivity contribution in [1.29, 1.82) is 0 Å². The number of non-ortho nitro benzene ring substituents is 1. The van der Waals surface area contributed by atoms with E-state index in [0.717, 1.165) is 10.0 Å². The summed E-state index contributed by atoms with van der Waals surface area (Å²) in [6.45, 7) is 0.597. The van der Waals surface area contributed by atoms with Crippen LogP contribution in [0.5, 0.6) is 0 Å². The van der Waals surface area contributed by atoms with Gasteiger partial charge in [0.05, 0.1) is 11.5 Å². The number of nitrogens with one attached hydrogen (secondary N) is 1. The molecular formula is C21H20BrN5O5S. The first-order valence-corrected chi connectivity index (χ1v) is 11.4. The molecule has 0 fully saturated rings. The van der Waals surface area contributed by atoms with Gasteiger partial charge in [0, 0.05) is 54.4 Å². The molecule has 2 aromatic carbocycles. The monoisotopic (exact) mass is 533 g/mol. The zero-order valence-corrected chi connectivity index (χ0v) is 20.0. The number of halogens is 1. The van der Waals surface area contributed by atoms with Crippen molar-refractivity contribution in [1.82, 2.24) is 15.1 Å². The predicted octanol–water partition coefficient (Wildman–Crippen LogP) is 3.99. The Morgan fingerprint density at radius 3 is 2.70 bits per heavy atom. The van der Waals surface area contributed by atoms with E-state index in [1.165, 1.54) is 47.6 Å². The van der Waals surface area contributed by atoms with E-state index in [4.69, 9.17) is 4.74 Å². The number of carbonyl (C=O) groups excluding carboxylic acids is 2. The molecule has 0 aliphatic carbocycles. The number of amides is 2. The molecule has 3 rings (SSSR count). The van der Waals surface area contributed by atoms with Crippen molar-refractivity contribution >= 4 is 49.9 Å². The first kappa shape index (κ1) is 24.4. The number of carbonyl (C=O) groups is 2. The normalized spacial score (nSPS) is 10.6. The minimum absolute atomic E-state index is 0.0101. The molecule has 0 radical (unpaired) electrons. The Hall–Kier alpha value is -3.22. The number of hydrogen-bond donors (Lipinski definition) is 1. The van der Waals surface area contributed by atoms with E-state index in [1.807, 2.05) is 24.3 Å². The lowest BCUT2D eigenvalue weighted by Gasteiger charge is -2.22. The number of nitrogens with zero attached hydrogens (tertiary/aromatic N) is 4. The molecule has 0 saturated heterocycles. The van der Waals surface area contributed by atoms with Gasteiger partial charge in [-0.1, -0.05) is 45.5 Å². The maximum absolute atomic E-state index is 12.9. The number of rotatable bonds is 10. The Morgan fingerprint density at radius 2 is 1.97 bits per heavy atom. The van der Waals surface area contributed by atoms with Gasteiger partial charge in [-0.3, -0.25) is 19.7 Å². The number of methoxy groups -OCH3 is 1. The smallest absolute Gasteiger partial charge is 0.270 e. The van der Waals surface area contributed by atoms with Gasteiger partial charge in [0.1, 0.15) is 5.01 Å². The van der Waals surface area contributed by atoms with Crippen molar-refractivity contribution in [2.45, 2.75) is 6.42 Å². The van der Waals surface area contributed by atoms with Crippen molar-refractivity contribution in [2.24, 2.45) is 0 Å². The lowest BCUT2D eigenvalue weighted by molar-refractivity contribution is -0.384. The number of nitro benzene ring substituents is 1. The van der Waals surface area contributed by atoms with Crippen LogP contribution >= 0.6 is 27.3 Å². The molecule has 1 aromatic heterocycles. The summed E-state index contributed by atoms with van der Waals surface area (Å²) in [5.41, 5.74) is 0.863. The van der Waals surface area contributed by atoms with Crippen LogP contribution in [0.1, 0.15) is 16.8 Å². The van der Waals surface area contributed by atoms with Crippen LogP contribution in [-0.2, 0) is 9.53 Å². The molecule has 0 aliphatic heterocycles. The molecule has 33 heavy (non-hydrogen) atoms. The fourth-order valence-electron chi connectivity index (χ4n) is 2.88. The minimum Gasteiger partial charge on any atom is -0.383 e. The number of ether oxygens (including phenoxy) is 1. The largest absolute Gasteiger partial charge is 0.383 e. The topological polar surface area (TPSA) is 128 Å². The van der Waals surface area contributed by atoms with Crippen LogP contribution in [0.2, 0.25) is 0 Å². The van der Waals surface area contributed by atoms with Crippen LogP contribution in [0.4, 0.5) is 10.8 Å². The highest BCUT2D eigenvalue weighted by Gasteiger charge is 2.19. The second-order valence-corrected chi connectivity index (χ2v) is 8.71. The van der Waals surface area contributed by atoms with Gasteiger partial charge in [0.2, 0.25) is 11.0 Å². The van der Waals surface area contributed by atoms with Crippen LogP contribution in [0.3, 0.4) is 0 Å². The predicted molar refractivity (Wildman–Crippen MR) is 127 cm³/mol. The second-order valence-electron chi connectivity index (χ2n) is 6.81. The number of aromatic nitrogens is 2. The number of hydrogen-bond acceptors (Lipinski definition) is 8. The summed E-state index contributed by atoms with van der Waals surface area (Å²) in [4.78, 5) is 37.2. The highest BCUT2D eigenvalue weighted by Crippen LogP contribution is 2.28. The summed E-state index contributed by atoms with van der Waals surface area (Å²) in [7, 11) is 1.50. The Balaban J connectivity index is 1.62. The molecule has 0 saturated carbocycles. The summed E-state index contributed by atoms with van der Waals surface area (Å²) in [6, 6.07) is 13.1. The van der Waals surface area contributed by atoms with Crippen LogP contribution < -0.4 is 5.32 Å². The van der Waals surface area contributed by atoms with Crippen LogP contribution in [0, 0.1) is 10.1 Å². The summed E-state index contributed by atoms with van der Waals surface area (Å²) >= 11 is 4.65. The van der Waals surface area contributed by atoms with E-state index < -0.39 is 10.8 Å². The van der Waals surface area contributed by atoms with Crippen molar-refractivity contribution in [3.05, 3.63) is 68.7 Å². The number of benzene rings is 2. The first-order chi connectivity index (χ1) is 15.9. The fraction of sp³-hybridized carbons (Fsp3) is 0.238. The van der Waals surface area contributed by atoms with Crippen molar-refractivity contribution < 1.29 is 19.2 Å². The number of nitro groups is 1. The van der Waals surface area contributed by atoms with E-state index in [0.29, 0.717) is 10.1 Å². The lowest BCUT2D eigenvalue weighted by Crippen LogP contribution is -2.36. The van der Waals surface area contributed by atoms with E-state index in [-0.39, 0.29) is 43.3 Å². The van der Waals surface area contributed by atoms with Crippen molar-refractivity contribution in [3.63, 3.8) is 0 Å². The molecule has 2 amide bonds. The first-order valence-electron chi connectivity index (χ1n) is 9.79. The molecular weight excluding hydrogens is 514 g/mol. The zero-order valence-electron chi connectivity index (χ0n) is 17.6. The average Bonchev–Trinajstić information content (AvgIpc) is 3.27. The van der Waals surface area contributed by atoms with Gasteiger partial charge in [0.15, 0.2) is 0 Å². The van der Waals surface area contributed by atoms with Gasteiger partial charge < -0.3 is 15.0 Å². The Morgan fingerprint density at radius 1 is 1.18 bits per heavy atom. The van der Waals surface area contributed by atoms with Crippen LogP contribution in [0.15, 0.2) is 53.0 Å². The molecule has 12 heteroatoms. The Bertz CT molecular complexity index is 1160. The minimum atomic E-state index is -0.561. The van der Waals surface area contributed by atoms with Gasteiger partial charge in [-0.25, -0.2) is 0 Å². The molecule has 0 bridgehead atoms. The third kappa shape index (κ3) is 6.88. The Kier molecular flexibility index (Phi) is 8.58. The highest BCUT2D eigenvalue weighted by molar-refractivity contribution is 9.10.